The van der Waals surface area contributed by atoms with E-state index in [1.54, 1.807) is 18.3 Å². The summed E-state index contributed by atoms with van der Waals surface area (Å²) in [4.78, 5) is 34.8. The average Bonchev–Trinajstić information content (AvgIpc) is 3.51. The number of hydrogen-bond donors (Lipinski definition) is 2. The number of fused-ring (bicyclic) bond motifs is 1. The van der Waals surface area contributed by atoms with Crippen LogP contribution >= 0.6 is 11.8 Å². The fraction of sp³-hybridized carbons (Fsp3) is 0.241. The minimum absolute atomic E-state index is 0.354. The van der Waals surface area contributed by atoms with Gasteiger partial charge >= 0.3 is 0 Å². The summed E-state index contributed by atoms with van der Waals surface area (Å²) < 4.78 is 6.03. The number of para-hydroxylation sites is 1. The molecule has 6 rings (SSSR count). The summed E-state index contributed by atoms with van der Waals surface area (Å²) in [6.07, 6.45) is 5.43. The predicted octanol–water partition coefficient (Wildman–Crippen LogP) is 5.22. The number of nitrogens with one attached hydrogen (secondary N) is 2. The van der Waals surface area contributed by atoms with Gasteiger partial charge < -0.3 is 14.6 Å². The Hall–Kier alpha value is -3.95. The third kappa shape index (κ3) is 5.49. The predicted molar refractivity (Wildman–Crippen MR) is 149 cm³/mol. The first-order valence-electron chi connectivity index (χ1n) is 12.7. The number of piperidine rings is 1. The van der Waals surface area contributed by atoms with Gasteiger partial charge in [-0.1, -0.05) is 36.4 Å². The van der Waals surface area contributed by atoms with Crippen LogP contribution in [0.15, 0.2) is 76.2 Å². The lowest BCUT2D eigenvalue weighted by Crippen LogP contribution is -2.38. The number of carbonyl (C=O) groups is 2. The SMILES string of the molecule is O=C1NC(=O)C(=Cc2ccnc(N3CCC(CNCc4cccc(-c5cc6ccccc6o5)c4)CC3)n2)S1. The summed E-state index contributed by atoms with van der Waals surface area (Å²) in [6, 6.07) is 20.4. The standard InChI is InChI=1S/C29H27N5O3S/c35-27-26(38-29(36)33-27)16-23-8-11-31-28(32-23)34-12-9-19(10-13-34)17-30-18-20-4-3-6-21(14-20)25-15-22-5-1-2-7-24(22)37-25/h1-8,11,14-16,19,30H,9-10,12-13,17-18H2,(H,33,35,36). The number of furan rings is 1. The van der Waals surface area contributed by atoms with Crippen molar-refractivity contribution < 1.29 is 14.0 Å². The molecule has 38 heavy (non-hydrogen) atoms. The molecule has 2 aromatic heterocycles. The van der Waals surface area contributed by atoms with Crippen LogP contribution in [0.25, 0.3) is 28.4 Å². The lowest BCUT2D eigenvalue weighted by atomic mass is 9.97. The van der Waals surface area contributed by atoms with E-state index >= 15 is 0 Å². The fourth-order valence-electron chi connectivity index (χ4n) is 4.87. The first-order chi connectivity index (χ1) is 18.6. The first kappa shape index (κ1) is 24.4. The number of nitrogens with zero attached hydrogens (tertiary/aromatic N) is 3. The lowest BCUT2D eigenvalue weighted by Gasteiger charge is -2.32. The number of hydrogen-bond acceptors (Lipinski definition) is 8. The Bertz CT molecular complexity index is 1490. The van der Waals surface area contributed by atoms with Crippen molar-refractivity contribution in [3.8, 4) is 11.3 Å². The third-order valence-corrected chi connectivity index (χ3v) is 7.69. The number of amides is 2. The van der Waals surface area contributed by atoms with Crippen molar-refractivity contribution in [1.29, 1.82) is 0 Å². The van der Waals surface area contributed by atoms with Gasteiger partial charge in [0.2, 0.25) is 5.95 Å². The molecule has 4 heterocycles. The zero-order valence-corrected chi connectivity index (χ0v) is 21.5. The number of anilines is 1. The lowest BCUT2D eigenvalue weighted by molar-refractivity contribution is -0.115. The van der Waals surface area contributed by atoms with Gasteiger partial charge in [-0.25, -0.2) is 9.97 Å². The zero-order chi connectivity index (χ0) is 25.9. The monoisotopic (exact) mass is 525 g/mol. The van der Waals surface area contributed by atoms with Crippen LogP contribution in [0.5, 0.6) is 0 Å². The summed E-state index contributed by atoms with van der Waals surface area (Å²) in [7, 11) is 0. The van der Waals surface area contributed by atoms with E-state index in [9.17, 15) is 9.59 Å². The summed E-state index contributed by atoms with van der Waals surface area (Å²) in [5.41, 5.74) is 3.85. The highest BCUT2D eigenvalue weighted by atomic mass is 32.2. The molecule has 8 nitrogen and oxygen atoms in total. The maximum absolute atomic E-state index is 11.8. The number of imide groups is 1. The molecule has 2 saturated heterocycles. The molecule has 0 unspecified atom stereocenters. The van der Waals surface area contributed by atoms with Crippen LogP contribution in [0.1, 0.15) is 24.1 Å². The van der Waals surface area contributed by atoms with E-state index < -0.39 is 0 Å². The Balaban J connectivity index is 1.01. The van der Waals surface area contributed by atoms with E-state index in [2.05, 4.69) is 61.9 Å². The molecule has 4 aromatic rings. The molecule has 2 amide bonds. The largest absolute Gasteiger partial charge is 0.456 e. The number of rotatable bonds is 7. The van der Waals surface area contributed by atoms with Crippen LogP contribution in [-0.2, 0) is 11.3 Å². The van der Waals surface area contributed by atoms with Gasteiger partial charge in [-0.05, 0) is 73.0 Å². The molecule has 2 fully saturated rings. The molecule has 0 atom stereocenters. The maximum Gasteiger partial charge on any atom is 0.290 e. The zero-order valence-electron chi connectivity index (χ0n) is 20.7. The topological polar surface area (TPSA) is 100 Å². The van der Waals surface area contributed by atoms with Crippen LogP contribution in [0.3, 0.4) is 0 Å². The van der Waals surface area contributed by atoms with Crippen molar-refractivity contribution in [1.82, 2.24) is 20.6 Å². The van der Waals surface area contributed by atoms with Crippen molar-refractivity contribution in [2.24, 2.45) is 5.92 Å². The van der Waals surface area contributed by atoms with E-state index in [-0.39, 0.29) is 11.1 Å². The number of aromatic nitrogens is 2. The minimum Gasteiger partial charge on any atom is -0.456 e. The van der Waals surface area contributed by atoms with Gasteiger partial charge in [0.05, 0.1) is 10.6 Å². The number of benzene rings is 2. The van der Waals surface area contributed by atoms with E-state index in [1.807, 2.05) is 18.2 Å². The molecular formula is C29H27N5O3S. The Morgan fingerprint density at radius 3 is 2.76 bits per heavy atom. The van der Waals surface area contributed by atoms with Gasteiger partial charge in [0, 0.05) is 36.8 Å². The molecule has 2 aliphatic rings. The molecule has 0 bridgehead atoms. The van der Waals surface area contributed by atoms with Crippen LogP contribution in [0, 0.1) is 5.92 Å². The Morgan fingerprint density at radius 1 is 1.08 bits per heavy atom. The van der Waals surface area contributed by atoms with Crippen molar-refractivity contribution in [2.45, 2.75) is 19.4 Å². The molecule has 0 spiro atoms. The van der Waals surface area contributed by atoms with Gasteiger partial charge in [-0.15, -0.1) is 0 Å². The second-order valence-corrected chi connectivity index (χ2v) is 10.6. The van der Waals surface area contributed by atoms with Crippen molar-refractivity contribution in [3.05, 3.63) is 83.0 Å². The molecule has 192 valence electrons. The Kier molecular flexibility index (Phi) is 6.94. The smallest absolute Gasteiger partial charge is 0.290 e. The first-order valence-corrected chi connectivity index (χ1v) is 13.5. The molecule has 2 aliphatic heterocycles. The van der Waals surface area contributed by atoms with Gasteiger partial charge in [0.15, 0.2) is 0 Å². The van der Waals surface area contributed by atoms with Crippen LogP contribution in [0.2, 0.25) is 0 Å². The normalized spacial score (nSPS) is 17.5. The van der Waals surface area contributed by atoms with Crippen LogP contribution < -0.4 is 15.5 Å². The quantitative estimate of drug-likeness (QED) is 0.317. The summed E-state index contributed by atoms with van der Waals surface area (Å²) in [5, 5.41) is 6.66. The second kappa shape index (κ2) is 10.8. The summed E-state index contributed by atoms with van der Waals surface area (Å²) >= 11 is 0.892. The Labute approximate surface area is 224 Å². The van der Waals surface area contributed by atoms with Crippen molar-refractivity contribution >= 4 is 45.9 Å². The highest BCUT2D eigenvalue weighted by Crippen LogP contribution is 2.29. The minimum atomic E-state index is -0.380. The second-order valence-electron chi connectivity index (χ2n) is 9.54. The van der Waals surface area contributed by atoms with E-state index in [0.717, 1.165) is 73.1 Å². The molecular weight excluding hydrogens is 498 g/mol. The van der Waals surface area contributed by atoms with Gasteiger partial charge in [0.25, 0.3) is 11.1 Å². The third-order valence-electron chi connectivity index (χ3n) is 6.88. The summed E-state index contributed by atoms with van der Waals surface area (Å²) in [6.45, 7) is 3.52. The van der Waals surface area contributed by atoms with Gasteiger partial charge in [-0.2, -0.15) is 0 Å². The molecule has 9 heteroatoms. The molecule has 0 radical (unpaired) electrons. The molecule has 2 aromatic carbocycles. The van der Waals surface area contributed by atoms with E-state index in [1.165, 1.54) is 5.56 Å². The van der Waals surface area contributed by atoms with E-state index in [0.29, 0.717) is 22.5 Å². The average molecular weight is 526 g/mol. The van der Waals surface area contributed by atoms with Crippen LogP contribution in [0.4, 0.5) is 10.7 Å². The molecule has 2 N–H and O–H groups in total. The highest BCUT2D eigenvalue weighted by molar-refractivity contribution is 8.18. The highest BCUT2D eigenvalue weighted by Gasteiger charge is 2.25. The number of carbonyl (C=O) groups excluding carboxylic acids is 2. The van der Waals surface area contributed by atoms with Crippen molar-refractivity contribution in [3.63, 3.8) is 0 Å². The fourth-order valence-corrected chi connectivity index (χ4v) is 5.53. The van der Waals surface area contributed by atoms with Crippen molar-refractivity contribution in [2.75, 3.05) is 24.5 Å². The van der Waals surface area contributed by atoms with Gasteiger partial charge in [-0.3, -0.25) is 14.9 Å². The Morgan fingerprint density at radius 2 is 1.95 bits per heavy atom. The number of thioether (sulfide) groups is 1. The van der Waals surface area contributed by atoms with E-state index in [4.69, 9.17) is 4.42 Å². The van der Waals surface area contributed by atoms with Crippen LogP contribution in [-0.4, -0.2) is 40.7 Å². The molecule has 0 aliphatic carbocycles. The van der Waals surface area contributed by atoms with Gasteiger partial charge in [0.1, 0.15) is 11.3 Å². The molecule has 0 saturated carbocycles. The summed E-state index contributed by atoms with van der Waals surface area (Å²) in [5.74, 6) is 1.75. The maximum atomic E-state index is 11.8.